The number of ether oxygens (including phenoxy) is 3. The zero-order valence-corrected chi connectivity index (χ0v) is 15.7. The van der Waals surface area contributed by atoms with E-state index < -0.39 is 6.10 Å². The molecule has 2 aromatic carbocycles. The second-order valence-corrected chi connectivity index (χ2v) is 6.17. The van der Waals surface area contributed by atoms with Crippen LogP contribution in [0.5, 0.6) is 17.2 Å². The van der Waals surface area contributed by atoms with Crippen molar-refractivity contribution < 1.29 is 19.0 Å². The van der Waals surface area contributed by atoms with Gasteiger partial charge >= 0.3 is 0 Å². The van der Waals surface area contributed by atoms with Crippen LogP contribution >= 0.6 is 11.6 Å². The summed E-state index contributed by atoms with van der Waals surface area (Å²) in [4.78, 5) is 12.5. The highest BCUT2D eigenvalue weighted by atomic mass is 35.5. The molecule has 0 saturated heterocycles. The van der Waals surface area contributed by atoms with Gasteiger partial charge in [0.1, 0.15) is 17.2 Å². The van der Waals surface area contributed by atoms with Gasteiger partial charge in [-0.2, -0.15) is 0 Å². The van der Waals surface area contributed by atoms with Crippen LogP contribution in [0.3, 0.4) is 0 Å². The fourth-order valence-corrected chi connectivity index (χ4v) is 2.68. The van der Waals surface area contributed by atoms with Gasteiger partial charge in [0.25, 0.3) is 5.91 Å². The lowest BCUT2D eigenvalue weighted by atomic mass is 10.1. The van der Waals surface area contributed by atoms with E-state index in [9.17, 15) is 4.79 Å². The maximum absolute atomic E-state index is 12.5. The summed E-state index contributed by atoms with van der Waals surface area (Å²) in [6.45, 7) is 5.65. The van der Waals surface area contributed by atoms with Gasteiger partial charge in [-0.15, -0.1) is 0 Å². The van der Waals surface area contributed by atoms with Gasteiger partial charge in [0, 0.05) is 12.1 Å². The van der Waals surface area contributed by atoms with Crippen molar-refractivity contribution in [1.82, 2.24) is 0 Å². The Kier molecular flexibility index (Phi) is 6.15. The summed E-state index contributed by atoms with van der Waals surface area (Å²) in [5.41, 5.74) is 2.61. The van der Waals surface area contributed by atoms with Crippen molar-refractivity contribution in [1.29, 1.82) is 0 Å². The fraction of sp³-hybridized carbons (Fsp3) is 0.316. The molecule has 25 heavy (non-hydrogen) atoms. The fourth-order valence-electron chi connectivity index (χ4n) is 2.45. The molecule has 1 amide bonds. The zero-order valence-electron chi connectivity index (χ0n) is 15.0. The lowest BCUT2D eigenvalue weighted by molar-refractivity contribution is -0.122. The first-order chi connectivity index (χ1) is 11.8. The molecule has 0 aliphatic carbocycles. The number of hydrogen-bond donors (Lipinski definition) is 1. The predicted molar refractivity (Wildman–Crippen MR) is 99.2 cm³/mol. The third kappa shape index (κ3) is 4.79. The molecule has 134 valence electrons. The summed E-state index contributed by atoms with van der Waals surface area (Å²) < 4.78 is 16.2. The Bertz CT molecular complexity index is 756. The van der Waals surface area contributed by atoms with Crippen molar-refractivity contribution in [2.45, 2.75) is 26.9 Å². The number of halogens is 1. The number of benzene rings is 2. The molecule has 0 bridgehead atoms. The minimum atomic E-state index is -0.687. The lowest BCUT2D eigenvalue weighted by Gasteiger charge is -2.17. The highest BCUT2D eigenvalue weighted by Crippen LogP contribution is 2.36. The molecular formula is C19H22ClNO4. The first-order valence-corrected chi connectivity index (χ1v) is 8.19. The topological polar surface area (TPSA) is 56.8 Å². The molecule has 1 N–H and O–H groups in total. The van der Waals surface area contributed by atoms with E-state index in [-0.39, 0.29) is 5.91 Å². The zero-order chi connectivity index (χ0) is 18.6. The molecule has 0 radical (unpaired) electrons. The van der Waals surface area contributed by atoms with Crippen LogP contribution in [0.15, 0.2) is 30.3 Å². The van der Waals surface area contributed by atoms with E-state index >= 15 is 0 Å². The average molecular weight is 364 g/mol. The van der Waals surface area contributed by atoms with Crippen molar-refractivity contribution in [3.05, 3.63) is 46.5 Å². The first kappa shape index (κ1) is 18.9. The van der Waals surface area contributed by atoms with E-state index in [4.69, 9.17) is 25.8 Å². The third-order valence-electron chi connectivity index (χ3n) is 3.61. The van der Waals surface area contributed by atoms with Gasteiger partial charge in [-0.05, 0) is 44.0 Å². The highest BCUT2D eigenvalue weighted by Gasteiger charge is 2.18. The molecule has 5 nitrogen and oxygen atoms in total. The Morgan fingerprint density at radius 2 is 1.60 bits per heavy atom. The number of methoxy groups -OCH3 is 2. The number of nitrogens with one attached hydrogen (secondary N) is 1. The number of hydrogen-bond acceptors (Lipinski definition) is 4. The third-order valence-corrected chi connectivity index (χ3v) is 3.90. The van der Waals surface area contributed by atoms with Crippen molar-refractivity contribution in [3.63, 3.8) is 0 Å². The van der Waals surface area contributed by atoms with E-state index in [0.717, 1.165) is 11.1 Å². The molecule has 0 aliphatic heterocycles. The molecule has 0 unspecified atom stereocenters. The molecule has 0 saturated carbocycles. The van der Waals surface area contributed by atoms with Gasteiger partial charge < -0.3 is 19.5 Å². The summed E-state index contributed by atoms with van der Waals surface area (Å²) in [6, 6.07) is 9.03. The van der Waals surface area contributed by atoms with Crippen LogP contribution in [0.2, 0.25) is 5.02 Å². The Hall–Kier alpha value is -2.40. The van der Waals surface area contributed by atoms with E-state index in [1.165, 1.54) is 14.2 Å². The molecule has 0 aliphatic rings. The largest absolute Gasteiger partial charge is 0.495 e. The number of rotatable bonds is 6. The van der Waals surface area contributed by atoms with E-state index in [0.29, 0.717) is 28.0 Å². The standard InChI is InChI=1S/C19H22ClNO4/c1-11-6-12(2)8-14(7-11)25-13(3)19(22)21-16-10-17(23-4)15(20)9-18(16)24-5/h6-10,13H,1-5H3,(H,21,22)/t13-/m0/s1. The maximum Gasteiger partial charge on any atom is 0.265 e. The van der Waals surface area contributed by atoms with Gasteiger partial charge in [-0.1, -0.05) is 17.7 Å². The molecule has 6 heteroatoms. The predicted octanol–water partition coefficient (Wildman–Crippen LogP) is 4.38. The Morgan fingerprint density at radius 1 is 1.00 bits per heavy atom. The summed E-state index contributed by atoms with van der Waals surface area (Å²) in [6.07, 6.45) is -0.687. The molecule has 2 rings (SSSR count). The second-order valence-electron chi connectivity index (χ2n) is 5.76. The number of aryl methyl sites for hydroxylation is 2. The van der Waals surface area contributed by atoms with Crippen LogP contribution in [-0.2, 0) is 4.79 Å². The van der Waals surface area contributed by atoms with Crippen molar-refractivity contribution >= 4 is 23.2 Å². The van der Waals surface area contributed by atoms with Gasteiger partial charge in [-0.25, -0.2) is 0 Å². The number of amides is 1. The molecule has 0 spiro atoms. The van der Waals surface area contributed by atoms with E-state index in [1.54, 1.807) is 19.1 Å². The molecule has 0 heterocycles. The quantitative estimate of drug-likeness (QED) is 0.827. The summed E-state index contributed by atoms with van der Waals surface area (Å²) in [5.74, 6) is 1.24. The SMILES string of the molecule is COc1cc(NC(=O)[C@H](C)Oc2cc(C)cc(C)c2)c(OC)cc1Cl. The minimum absolute atomic E-state index is 0.304. The Morgan fingerprint density at radius 3 is 2.16 bits per heavy atom. The monoisotopic (exact) mass is 363 g/mol. The van der Waals surface area contributed by atoms with Crippen molar-refractivity contribution in [2.75, 3.05) is 19.5 Å². The van der Waals surface area contributed by atoms with Gasteiger partial charge in [0.2, 0.25) is 0 Å². The van der Waals surface area contributed by atoms with Gasteiger partial charge in [0.05, 0.1) is 24.9 Å². The average Bonchev–Trinajstić information content (AvgIpc) is 2.54. The smallest absolute Gasteiger partial charge is 0.265 e. The lowest BCUT2D eigenvalue weighted by Crippen LogP contribution is -2.30. The normalized spacial score (nSPS) is 11.6. The number of carbonyl (C=O) groups is 1. The first-order valence-electron chi connectivity index (χ1n) is 7.81. The van der Waals surface area contributed by atoms with Crippen LogP contribution < -0.4 is 19.5 Å². The van der Waals surface area contributed by atoms with Crippen LogP contribution in [0, 0.1) is 13.8 Å². The number of anilines is 1. The minimum Gasteiger partial charge on any atom is -0.495 e. The van der Waals surface area contributed by atoms with Crippen LogP contribution in [0.25, 0.3) is 0 Å². The molecule has 2 aromatic rings. The second kappa shape index (κ2) is 8.12. The molecule has 0 fully saturated rings. The Balaban J connectivity index is 2.15. The number of carbonyl (C=O) groups excluding carboxylic acids is 1. The summed E-state index contributed by atoms with van der Waals surface area (Å²) >= 11 is 6.07. The summed E-state index contributed by atoms with van der Waals surface area (Å²) in [7, 11) is 3.01. The van der Waals surface area contributed by atoms with Gasteiger partial charge in [-0.3, -0.25) is 4.79 Å². The highest BCUT2D eigenvalue weighted by molar-refractivity contribution is 6.32. The van der Waals surface area contributed by atoms with Gasteiger partial charge in [0.15, 0.2) is 6.10 Å². The van der Waals surface area contributed by atoms with Crippen molar-refractivity contribution in [3.8, 4) is 17.2 Å². The van der Waals surface area contributed by atoms with Crippen molar-refractivity contribution in [2.24, 2.45) is 0 Å². The Labute approximate surface area is 152 Å². The molecule has 0 aromatic heterocycles. The molecule has 1 atom stereocenters. The van der Waals surface area contributed by atoms with Crippen LogP contribution in [0.4, 0.5) is 5.69 Å². The van der Waals surface area contributed by atoms with E-state index in [2.05, 4.69) is 5.32 Å². The summed E-state index contributed by atoms with van der Waals surface area (Å²) in [5, 5.41) is 3.18. The molecular weight excluding hydrogens is 342 g/mol. The van der Waals surface area contributed by atoms with Crippen LogP contribution in [-0.4, -0.2) is 26.2 Å². The van der Waals surface area contributed by atoms with Crippen LogP contribution in [0.1, 0.15) is 18.1 Å². The maximum atomic E-state index is 12.5. The van der Waals surface area contributed by atoms with E-state index in [1.807, 2.05) is 32.0 Å².